The van der Waals surface area contributed by atoms with Crippen LogP contribution in [0.2, 0.25) is 0 Å². The van der Waals surface area contributed by atoms with Crippen LogP contribution in [0, 0.1) is 5.92 Å². The molecule has 0 fully saturated rings. The van der Waals surface area contributed by atoms with E-state index in [0.717, 1.165) is 25.1 Å². The van der Waals surface area contributed by atoms with Crippen molar-refractivity contribution in [2.24, 2.45) is 10.9 Å². The first kappa shape index (κ1) is 18.9. The molecule has 128 valence electrons. The lowest BCUT2D eigenvalue weighted by atomic mass is 10.0. The van der Waals surface area contributed by atoms with E-state index in [9.17, 15) is 9.59 Å². The molecular formula is C17H28N4O2. The Morgan fingerprint density at radius 1 is 1.39 bits per heavy atom. The van der Waals surface area contributed by atoms with E-state index in [1.807, 2.05) is 0 Å². The summed E-state index contributed by atoms with van der Waals surface area (Å²) in [5.41, 5.74) is 1.39. The van der Waals surface area contributed by atoms with E-state index in [0.29, 0.717) is 36.6 Å². The third-order valence-corrected chi connectivity index (χ3v) is 3.76. The molecule has 0 aliphatic carbocycles. The molecule has 0 saturated heterocycles. The standard InChI is InChI=1S/C17H28N4O2/c1-12(7-8-16(22)18-3)10-15-20-9-5-6-14(17(23)19-4)11-13(2)21-15/h11-12H,2,5-10H2,1,3-4H3,(H,18,22)(H,19,23)(H,20,21)/b14-11+/t12-/m0/s1. The van der Waals surface area contributed by atoms with Gasteiger partial charge in [0.25, 0.3) is 0 Å². The van der Waals surface area contributed by atoms with E-state index >= 15 is 0 Å². The van der Waals surface area contributed by atoms with Crippen LogP contribution in [-0.2, 0) is 9.59 Å². The zero-order chi connectivity index (χ0) is 17.2. The van der Waals surface area contributed by atoms with E-state index in [-0.39, 0.29) is 11.8 Å². The van der Waals surface area contributed by atoms with Crippen molar-refractivity contribution in [1.29, 1.82) is 0 Å². The van der Waals surface area contributed by atoms with Gasteiger partial charge in [-0.3, -0.25) is 14.6 Å². The smallest absolute Gasteiger partial charge is 0.247 e. The number of amidine groups is 1. The largest absolute Gasteiger partial charge is 0.359 e. The molecule has 0 bridgehead atoms. The third-order valence-electron chi connectivity index (χ3n) is 3.76. The van der Waals surface area contributed by atoms with Gasteiger partial charge < -0.3 is 16.0 Å². The topological polar surface area (TPSA) is 82.6 Å². The zero-order valence-corrected chi connectivity index (χ0v) is 14.4. The summed E-state index contributed by atoms with van der Waals surface area (Å²) in [7, 11) is 3.28. The predicted octanol–water partition coefficient (Wildman–Crippen LogP) is 1.51. The number of carbonyl (C=O) groups is 2. The highest BCUT2D eigenvalue weighted by Crippen LogP contribution is 2.14. The number of carbonyl (C=O) groups excluding carboxylic acids is 2. The molecule has 1 atom stereocenters. The molecule has 1 aliphatic rings. The lowest BCUT2D eigenvalue weighted by Crippen LogP contribution is -2.25. The minimum Gasteiger partial charge on any atom is -0.359 e. The van der Waals surface area contributed by atoms with Crippen molar-refractivity contribution in [2.45, 2.75) is 39.0 Å². The fraction of sp³-hybridized carbons (Fsp3) is 0.588. The minimum atomic E-state index is -0.0738. The van der Waals surface area contributed by atoms with Gasteiger partial charge in [0.05, 0.1) is 0 Å². The van der Waals surface area contributed by atoms with Crippen molar-refractivity contribution in [3.05, 3.63) is 23.9 Å². The van der Waals surface area contributed by atoms with Crippen LogP contribution < -0.4 is 16.0 Å². The first-order chi connectivity index (χ1) is 11.0. The first-order valence-electron chi connectivity index (χ1n) is 8.08. The van der Waals surface area contributed by atoms with Gasteiger partial charge in [-0.25, -0.2) is 0 Å². The average molecular weight is 320 g/mol. The maximum Gasteiger partial charge on any atom is 0.247 e. The molecule has 0 radical (unpaired) electrons. The zero-order valence-electron chi connectivity index (χ0n) is 14.4. The second-order valence-electron chi connectivity index (χ2n) is 5.85. The van der Waals surface area contributed by atoms with Gasteiger partial charge in [0, 0.05) is 44.8 Å². The second kappa shape index (κ2) is 9.82. The molecule has 2 amide bonds. The predicted molar refractivity (Wildman–Crippen MR) is 93.0 cm³/mol. The Balaban J connectivity index is 2.63. The van der Waals surface area contributed by atoms with Gasteiger partial charge in [0.1, 0.15) is 5.84 Å². The van der Waals surface area contributed by atoms with Crippen LogP contribution in [-0.4, -0.2) is 38.3 Å². The number of likely N-dealkylation sites (N-methyl/N-ethyl adjacent to an activating group) is 1. The van der Waals surface area contributed by atoms with Gasteiger partial charge in [0.15, 0.2) is 0 Å². The number of nitrogens with zero attached hydrogens (tertiary/aromatic N) is 1. The van der Waals surface area contributed by atoms with Crippen LogP contribution in [0.15, 0.2) is 28.9 Å². The normalized spacial score (nSPS) is 19.0. The molecule has 6 nitrogen and oxygen atoms in total. The van der Waals surface area contributed by atoms with Gasteiger partial charge in [-0.15, -0.1) is 0 Å². The summed E-state index contributed by atoms with van der Waals surface area (Å²) in [5, 5.41) is 8.48. The lowest BCUT2D eigenvalue weighted by Gasteiger charge is -2.15. The summed E-state index contributed by atoms with van der Waals surface area (Å²) < 4.78 is 0. The monoisotopic (exact) mass is 320 g/mol. The maximum atomic E-state index is 11.8. The minimum absolute atomic E-state index is 0.0591. The molecule has 6 heteroatoms. The molecule has 1 rings (SSSR count). The fourth-order valence-electron chi connectivity index (χ4n) is 2.42. The van der Waals surface area contributed by atoms with Gasteiger partial charge in [-0.2, -0.15) is 0 Å². The lowest BCUT2D eigenvalue weighted by molar-refractivity contribution is -0.121. The highest BCUT2D eigenvalue weighted by atomic mass is 16.2. The van der Waals surface area contributed by atoms with Gasteiger partial charge in [0.2, 0.25) is 11.8 Å². The average Bonchev–Trinajstić information content (AvgIpc) is 2.62. The number of amides is 2. The Labute approximate surface area is 138 Å². The molecule has 0 saturated carbocycles. The Morgan fingerprint density at radius 2 is 2.13 bits per heavy atom. The molecule has 3 N–H and O–H groups in total. The molecule has 1 aliphatic heterocycles. The summed E-state index contributed by atoms with van der Waals surface area (Å²) >= 11 is 0. The van der Waals surface area contributed by atoms with Crippen LogP contribution in [0.1, 0.15) is 39.0 Å². The van der Waals surface area contributed by atoms with Crippen LogP contribution in [0.4, 0.5) is 0 Å². The SMILES string of the molecule is C=C1/C=C(/C(=O)NC)CCCN=C(C[C@@H](C)CCC(=O)NC)N1. The summed E-state index contributed by atoms with van der Waals surface area (Å²) in [6, 6.07) is 0. The van der Waals surface area contributed by atoms with Crippen molar-refractivity contribution in [2.75, 3.05) is 20.6 Å². The molecule has 0 aromatic rings. The number of hydrogen-bond acceptors (Lipinski definition) is 4. The number of hydrogen-bond donors (Lipinski definition) is 3. The highest BCUT2D eigenvalue weighted by Gasteiger charge is 2.13. The molecule has 0 aromatic carbocycles. The highest BCUT2D eigenvalue weighted by molar-refractivity contribution is 5.94. The quantitative estimate of drug-likeness (QED) is 0.694. The third kappa shape index (κ3) is 7.13. The van der Waals surface area contributed by atoms with Crippen LogP contribution in [0.25, 0.3) is 0 Å². The van der Waals surface area contributed by atoms with E-state index in [4.69, 9.17) is 0 Å². The van der Waals surface area contributed by atoms with E-state index in [1.165, 1.54) is 0 Å². The first-order valence-corrected chi connectivity index (χ1v) is 8.08. The summed E-state index contributed by atoms with van der Waals surface area (Å²) in [5.74, 6) is 1.20. The van der Waals surface area contributed by atoms with Gasteiger partial charge in [-0.1, -0.05) is 13.5 Å². The van der Waals surface area contributed by atoms with Crippen LogP contribution in [0.5, 0.6) is 0 Å². The molecule has 0 aromatic heterocycles. The molecule has 1 heterocycles. The molecular weight excluding hydrogens is 292 g/mol. The Bertz CT molecular complexity index is 509. The Morgan fingerprint density at radius 3 is 2.78 bits per heavy atom. The molecule has 0 unspecified atom stereocenters. The van der Waals surface area contributed by atoms with Crippen molar-refractivity contribution < 1.29 is 9.59 Å². The van der Waals surface area contributed by atoms with Crippen molar-refractivity contribution in [3.8, 4) is 0 Å². The van der Waals surface area contributed by atoms with Crippen molar-refractivity contribution in [1.82, 2.24) is 16.0 Å². The molecule has 0 spiro atoms. The maximum absolute atomic E-state index is 11.8. The van der Waals surface area contributed by atoms with Gasteiger partial charge >= 0.3 is 0 Å². The molecule has 23 heavy (non-hydrogen) atoms. The van der Waals surface area contributed by atoms with E-state index in [1.54, 1.807) is 20.2 Å². The summed E-state index contributed by atoms with van der Waals surface area (Å²) in [6.07, 6.45) is 5.39. The van der Waals surface area contributed by atoms with Crippen molar-refractivity contribution >= 4 is 17.6 Å². The van der Waals surface area contributed by atoms with E-state index in [2.05, 4.69) is 34.4 Å². The Hall–Kier alpha value is -2.11. The summed E-state index contributed by atoms with van der Waals surface area (Å²) in [6.45, 7) is 6.74. The van der Waals surface area contributed by atoms with Gasteiger partial charge in [-0.05, 0) is 31.3 Å². The summed E-state index contributed by atoms with van der Waals surface area (Å²) in [4.78, 5) is 27.7. The number of aliphatic imine (C=N–C) groups is 1. The number of nitrogens with one attached hydrogen (secondary N) is 3. The van der Waals surface area contributed by atoms with E-state index < -0.39 is 0 Å². The van der Waals surface area contributed by atoms with Crippen LogP contribution in [0.3, 0.4) is 0 Å². The fourth-order valence-corrected chi connectivity index (χ4v) is 2.42. The number of rotatable bonds is 6. The Kier molecular flexibility index (Phi) is 8.08. The number of allylic oxidation sites excluding steroid dienone is 1. The van der Waals surface area contributed by atoms with Crippen LogP contribution >= 0.6 is 0 Å². The second-order valence-corrected chi connectivity index (χ2v) is 5.85. The van der Waals surface area contributed by atoms with Crippen molar-refractivity contribution in [3.63, 3.8) is 0 Å².